The number of anilines is 4. The Labute approximate surface area is 216 Å². The highest BCUT2D eigenvalue weighted by Crippen LogP contribution is 2.31. The number of hydrogen-bond acceptors (Lipinski definition) is 7. The number of nitrogens with one attached hydrogen (secondary N) is 3. The largest absolute Gasteiger partial charge is 0.367 e. The van der Waals surface area contributed by atoms with E-state index in [4.69, 9.17) is 0 Å². The van der Waals surface area contributed by atoms with E-state index in [9.17, 15) is 14.0 Å². The number of piperazine rings is 1. The van der Waals surface area contributed by atoms with E-state index in [1.807, 2.05) is 11.9 Å². The summed E-state index contributed by atoms with van der Waals surface area (Å²) in [5.74, 6) is -2.33. The molecule has 3 heterocycles. The van der Waals surface area contributed by atoms with Crippen LogP contribution in [0, 0.1) is 11.6 Å². The maximum absolute atomic E-state index is 15.0. The van der Waals surface area contributed by atoms with E-state index in [-0.39, 0.29) is 28.8 Å². The first-order valence-electron chi connectivity index (χ1n) is 11.9. The van der Waals surface area contributed by atoms with Crippen molar-refractivity contribution in [3.05, 3.63) is 83.3 Å². The van der Waals surface area contributed by atoms with Crippen LogP contribution in [0.25, 0.3) is 22.2 Å². The molecule has 1 amide bonds. The van der Waals surface area contributed by atoms with Gasteiger partial charge < -0.3 is 25.4 Å². The molecule has 0 aliphatic carbocycles. The van der Waals surface area contributed by atoms with Gasteiger partial charge in [0, 0.05) is 43.5 Å². The Kier molecular flexibility index (Phi) is 6.84. The first-order chi connectivity index (χ1) is 18.3. The maximum atomic E-state index is 15.0. The molecule has 0 saturated carbocycles. The number of benzene rings is 2. The summed E-state index contributed by atoms with van der Waals surface area (Å²) in [4.78, 5) is 39.3. The minimum absolute atomic E-state index is 0.0209. The van der Waals surface area contributed by atoms with Crippen molar-refractivity contribution in [1.82, 2.24) is 19.9 Å². The number of carbonyl (C=O) groups excluding carboxylic acids is 1. The Hall–Kier alpha value is -4.64. The van der Waals surface area contributed by atoms with Gasteiger partial charge >= 0.3 is 0 Å². The molecule has 11 heteroatoms. The number of likely N-dealkylation sites (N-methyl/N-ethyl adjacent to an activating group) is 1. The molecule has 9 nitrogen and oxygen atoms in total. The zero-order chi connectivity index (χ0) is 26.8. The average molecular weight is 518 g/mol. The third kappa shape index (κ3) is 5.09. The average Bonchev–Trinajstić information content (AvgIpc) is 2.92. The summed E-state index contributed by atoms with van der Waals surface area (Å²) in [6.45, 7) is 6.18. The molecule has 3 N–H and O–H groups in total. The second-order valence-corrected chi connectivity index (χ2v) is 8.95. The van der Waals surface area contributed by atoms with E-state index in [0.717, 1.165) is 19.2 Å². The van der Waals surface area contributed by atoms with Crippen LogP contribution in [-0.2, 0) is 4.79 Å². The lowest BCUT2D eigenvalue weighted by atomic mass is 10.0. The van der Waals surface area contributed by atoms with Crippen LogP contribution in [0.4, 0.5) is 31.8 Å². The van der Waals surface area contributed by atoms with Crippen molar-refractivity contribution < 1.29 is 13.6 Å². The van der Waals surface area contributed by atoms with Crippen molar-refractivity contribution in [2.24, 2.45) is 0 Å². The number of nitrogens with zero attached hydrogens (tertiary/aromatic N) is 4. The van der Waals surface area contributed by atoms with Gasteiger partial charge in [-0.1, -0.05) is 18.7 Å². The summed E-state index contributed by atoms with van der Waals surface area (Å²) in [6.07, 6.45) is 2.55. The van der Waals surface area contributed by atoms with Gasteiger partial charge in [0.2, 0.25) is 17.4 Å². The van der Waals surface area contributed by atoms with Crippen molar-refractivity contribution in [3.8, 4) is 11.1 Å². The highest BCUT2D eigenvalue weighted by molar-refractivity contribution is 6.00. The Morgan fingerprint density at radius 3 is 2.66 bits per heavy atom. The number of H-pyrrole nitrogens is 1. The highest BCUT2D eigenvalue weighted by Gasteiger charge is 2.22. The molecule has 2 aromatic carbocycles. The lowest BCUT2D eigenvalue weighted by Crippen LogP contribution is -2.44. The highest BCUT2D eigenvalue weighted by atomic mass is 19.2. The van der Waals surface area contributed by atoms with Gasteiger partial charge in [-0.15, -0.1) is 0 Å². The number of hydrogen-bond donors (Lipinski definition) is 3. The Morgan fingerprint density at radius 1 is 1.11 bits per heavy atom. The van der Waals surface area contributed by atoms with Gasteiger partial charge in [-0.25, -0.2) is 18.7 Å². The molecule has 0 radical (unpaired) electrons. The van der Waals surface area contributed by atoms with E-state index in [0.29, 0.717) is 40.9 Å². The molecular formula is C27H25F2N7O2. The van der Waals surface area contributed by atoms with Gasteiger partial charge in [0.15, 0.2) is 11.6 Å². The molecule has 1 saturated heterocycles. The third-order valence-electron chi connectivity index (χ3n) is 6.36. The standard InChI is InChI=1S/C27H25F2N7O2/c1-3-22(37)31-17-6-4-5-16(13-17)18-14-23(38)32-20-15-30-27(34-26(18)20)33-19-7-8-21(25(29)24(19)28)36-11-9-35(2)10-12-36/h3-8,13-15H,1,9-12H2,2H3,(H,31,37)(H,32,38)(H,30,33,34). The summed E-state index contributed by atoms with van der Waals surface area (Å²) >= 11 is 0. The van der Waals surface area contributed by atoms with Crippen molar-refractivity contribution in [1.29, 1.82) is 0 Å². The number of halogens is 2. The molecule has 2 aromatic heterocycles. The van der Waals surface area contributed by atoms with Crippen LogP contribution in [0.5, 0.6) is 0 Å². The summed E-state index contributed by atoms with van der Waals surface area (Å²) in [5.41, 5.74) is 2.06. The Balaban J connectivity index is 1.48. The van der Waals surface area contributed by atoms with Crippen LogP contribution in [0.2, 0.25) is 0 Å². The number of pyridine rings is 1. The van der Waals surface area contributed by atoms with Crippen LogP contribution >= 0.6 is 0 Å². The number of fused-ring (bicyclic) bond motifs is 1. The topological polar surface area (TPSA) is 106 Å². The van der Waals surface area contributed by atoms with E-state index < -0.39 is 11.6 Å². The van der Waals surface area contributed by atoms with E-state index in [2.05, 4.69) is 37.1 Å². The van der Waals surface area contributed by atoms with E-state index >= 15 is 4.39 Å². The summed E-state index contributed by atoms with van der Waals surface area (Å²) in [7, 11) is 1.99. The van der Waals surface area contributed by atoms with Gasteiger partial charge in [-0.3, -0.25) is 9.59 Å². The molecule has 0 bridgehead atoms. The SMILES string of the molecule is C=CC(=O)Nc1cccc(-c2cc(=O)[nH]c3cnc(Nc4ccc(N5CCN(C)CC5)c(F)c4F)nc23)c1. The van der Waals surface area contributed by atoms with Gasteiger partial charge in [0.05, 0.1) is 23.1 Å². The fraction of sp³-hybridized carbons (Fsp3) is 0.185. The molecule has 4 aromatic rings. The lowest BCUT2D eigenvalue weighted by Gasteiger charge is -2.34. The summed E-state index contributed by atoms with van der Waals surface area (Å²) < 4.78 is 30.0. The van der Waals surface area contributed by atoms with Crippen molar-refractivity contribution in [3.63, 3.8) is 0 Å². The maximum Gasteiger partial charge on any atom is 0.249 e. The number of amides is 1. The normalized spacial score (nSPS) is 13.9. The number of aromatic amines is 1. The van der Waals surface area contributed by atoms with Gasteiger partial charge in [-0.05, 0) is 43.0 Å². The first kappa shape index (κ1) is 25.0. The molecule has 0 spiro atoms. The van der Waals surface area contributed by atoms with Gasteiger partial charge in [0.25, 0.3) is 0 Å². The molecule has 1 fully saturated rings. The Morgan fingerprint density at radius 2 is 1.89 bits per heavy atom. The van der Waals surface area contributed by atoms with Crippen LogP contribution < -0.4 is 21.1 Å². The van der Waals surface area contributed by atoms with Crippen LogP contribution in [0.1, 0.15) is 0 Å². The van der Waals surface area contributed by atoms with Crippen molar-refractivity contribution >= 4 is 40.0 Å². The minimum atomic E-state index is -1.03. The fourth-order valence-corrected chi connectivity index (χ4v) is 4.33. The van der Waals surface area contributed by atoms with E-state index in [1.54, 1.807) is 30.3 Å². The molecule has 194 valence electrons. The molecule has 0 unspecified atom stereocenters. The zero-order valence-corrected chi connectivity index (χ0v) is 20.6. The second-order valence-electron chi connectivity index (χ2n) is 8.95. The Bertz CT molecular complexity index is 1600. The lowest BCUT2D eigenvalue weighted by molar-refractivity contribution is -0.111. The molecule has 1 aliphatic rings. The quantitative estimate of drug-likeness (QED) is 0.333. The van der Waals surface area contributed by atoms with E-state index in [1.165, 1.54) is 18.3 Å². The van der Waals surface area contributed by atoms with Crippen molar-refractivity contribution in [2.75, 3.05) is 48.8 Å². The van der Waals surface area contributed by atoms with Gasteiger partial charge in [-0.2, -0.15) is 0 Å². The molecular weight excluding hydrogens is 492 g/mol. The smallest absolute Gasteiger partial charge is 0.249 e. The fourth-order valence-electron chi connectivity index (χ4n) is 4.33. The number of carbonyl (C=O) groups is 1. The zero-order valence-electron chi connectivity index (χ0n) is 20.6. The van der Waals surface area contributed by atoms with Crippen molar-refractivity contribution in [2.45, 2.75) is 0 Å². The predicted octanol–water partition coefficient (Wildman–Crippen LogP) is 3.88. The minimum Gasteiger partial charge on any atom is -0.367 e. The number of aromatic nitrogens is 3. The number of rotatable bonds is 6. The predicted molar refractivity (Wildman–Crippen MR) is 144 cm³/mol. The van der Waals surface area contributed by atoms with Gasteiger partial charge in [0.1, 0.15) is 5.52 Å². The molecule has 0 atom stereocenters. The molecule has 1 aliphatic heterocycles. The summed E-state index contributed by atoms with van der Waals surface area (Å²) in [6, 6.07) is 11.2. The third-order valence-corrected chi connectivity index (χ3v) is 6.36. The van der Waals surface area contributed by atoms with Crippen LogP contribution in [0.3, 0.4) is 0 Å². The first-order valence-corrected chi connectivity index (χ1v) is 11.9. The molecule has 38 heavy (non-hydrogen) atoms. The van der Waals surface area contributed by atoms with Crippen LogP contribution in [0.15, 0.2) is 66.1 Å². The second kappa shape index (κ2) is 10.4. The molecule has 5 rings (SSSR count). The monoisotopic (exact) mass is 517 g/mol. The summed E-state index contributed by atoms with van der Waals surface area (Å²) in [5, 5.41) is 5.44. The van der Waals surface area contributed by atoms with Crippen LogP contribution in [-0.4, -0.2) is 59.0 Å².